The maximum atomic E-state index is 5.40. The Balaban J connectivity index is 0.00000400. The summed E-state index contributed by atoms with van der Waals surface area (Å²) in [7, 11) is 2.48. The minimum atomic E-state index is -2.44. The predicted octanol–water partition coefficient (Wildman–Crippen LogP) is 3.19. The fraction of sp³-hybridized carbons (Fsp3) is 0.467. The molecule has 1 N–H and O–H groups in total. The molecule has 0 aliphatic rings. The van der Waals surface area contributed by atoms with Gasteiger partial charge in [-0.25, -0.2) is 0 Å². The van der Waals surface area contributed by atoms with Crippen LogP contribution >= 0.6 is 12.4 Å². The van der Waals surface area contributed by atoms with E-state index in [-0.39, 0.29) is 18.4 Å². The first-order valence-corrected chi connectivity index (χ1v) is 8.71. The van der Waals surface area contributed by atoms with E-state index < -0.39 is 8.80 Å². The molecule has 0 bridgehead atoms. The lowest BCUT2D eigenvalue weighted by Gasteiger charge is -2.24. The van der Waals surface area contributed by atoms with Crippen molar-refractivity contribution in [3.63, 3.8) is 0 Å². The molecular weight excluding hydrogens is 306 g/mol. The highest BCUT2D eigenvalue weighted by molar-refractivity contribution is 6.60. The van der Waals surface area contributed by atoms with Gasteiger partial charge in [0.2, 0.25) is 0 Å². The second-order valence-corrected chi connectivity index (χ2v) is 7.57. The van der Waals surface area contributed by atoms with Crippen LogP contribution in [0.4, 0.5) is 0 Å². The van der Waals surface area contributed by atoms with E-state index >= 15 is 0 Å². The standard InChI is InChI=1S/C15H25NO3Si.ClH/c1-5-15(14-10-7-6-8-11-14)16-12-9-13-20(17-2,18-3)19-4;/h5-8,10-11,15-16H,1,9,12-13H2,2-4H3;1H. The van der Waals surface area contributed by atoms with Gasteiger partial charge in [-0.2, -0.15) is 0 Å². The first-order valence-electron chi connectivity index (χ1n) is 6.77. The summed E-state index contributed by atoms with van der Waals surface area (Å²) >= 11 is 0. The zero-order valence-corrected chi connectivity index (χ0v) is 14.8. The van der Waals surface area contributed by atoms with Crippen molar-refractivity contribution in [2.24, 2.45) is 0 Å². The summed E-state index contributed by atoms with van der Waals surface area (Å²) in [6.07, 6.45) is 2.85. The van der Waals surface area contributed by atoms with E-state index in [0.29, 0.717) is 0 Å². The van der Waals surface area contributed by atoms with Crippen molar-refractivity contribution in [3.8, 4) is 0 Å². The minimum absolute atomic E-state index is 0. The molecule has 1 rings (SSSR count). The van der Waals surface area contributed by atoms with Crippen LogP contribution in [0.1, 0.15) is 18.0 Å². The highest BCUT2D eigenvalue weighted by Gasteiger charge is 2.36. The highest BCUT2D eigenvalue weighted by Crippen LogP contribution is 2.16. The number of hydrogen-bond acceptors (Lipinski definition) is 4. The summed E-state index contributed by atoms with van der Waals surface area (Å²) in [6.45, 7) is 4.74. The van der Waals surface area contributed by atoms with Crippen LogP contribution in [0.15, 0.2) is 43.0 Å². The van der Waals surface area contributed by atoms with Gasteiger partial charge in [-0.15, -0.1) is 19.0 Å². The van der Waals surface area contributed by atoms with Gasteiger partial charge < -0.3 is 18.6 Å². The molecule has 0 aliphatic carbocycles. The zero-order valence-electron chi connectivity index (χ0n) is 13.0. The molecule has 0 amide bonds. The van der Waals surface area contributed by atoms with Gasteiger partial charge >= 0.3 is 8.80 Å². The van der Waals surface area contributed by atoms with Crippen LogP contribution in [0.5, 0.6) is 0 Å². The van der Waals surface area contributed by atoms with Crippen molar-refractivity contribution >= 4 is 21.2 Å². The monoisotopic (exact) mass is 331 g/mol. The third kappa shape index (κ3) is 6.30. The molecule has 1 aromatic rings. The molecule has 120 valence electrons. The predicted molar refractivity (Wildman–Crippen MR) is 90.8 cm³/mol. The van der Waals surface area contributed by atoms with Gasteiger partial charge in [-0.1, -0.05) is 36.4 Å². The molecule has 6 heteroatoms. The van der Waals surface area contributed by atoms with E-state index in [1.807, 2.05) is 24.3 Å². The molecule has 0 radical (unpaired) electrons. The lowest BCUT2D eigenvalue weighted by molar-refractivity contribution is 0.123. The molecule has 0 aromatic heterocycles. The molecule has 1 aromatic carbocycles. The smallest absolute Gasteiger partial charge is 0.377 e. The van der Waals surface area contributed by atoms with Crippen molar-refractivity contribution in [2.75, 3.05) is 27.9 Å². The summed E-state index contributed by atoms with van der Waals surface area (Å²) < 4.78 is 16.2. The average molecular weight is 332 g/mol. The zero-order chi connectivity index (χ0) is 14.8. The highest BCUT2D eigenvalue weighted by atomic mass is 35.5. The van der Waals surface area contributed by atoms with Gasteiger partial charge in [-0.05, 0) is 18.5 Å². The summed E-state index contributed by atoms with van der Waals surface area (Å²) in [5, 5.41) is 3.47. The Kier molecular flexibility index (Phi) is 10.6. The molecule has 0 spiro atoms. The van der Waals surface area contributed by atoms with Crippen molar-refractivity contribution in [1.82, 2.24) is 5.32 Å². The second kappa shape index (κ2) is 11.0. The molecule has 1 atom stereocenters. The van der Waals surface area contributed by atoms with Gasteiger partial charge in [0, 0.05) is 27.4 Å². The number of rotatable bonds is 10. The fourth-order valence-electron chi connectivity index (χ4n) is 2.12. The SMILES string of the molecule is C=CC(NCCC[Si](OC)(OC)OC)c1ccccc1.Cl. The van der Waals surface area contributed by atoms with E-state index in [2.05, 4.69) is 24.0 Å². The lowest BCUT2D eigenvalue weighted by Crippen LogP contribution is -2.43. The first-order chi connectivity index (χ1) is 9.71. The first kappa shape index (κ1) is 20.3. The number of hydrogen-bond donors (Lipinski definition) is 1. The van der Waals surface area contributed by atoms with Crippen LogP contribution in [0.2, 0.25) is 6.04 Å². The molecule has 0 fully saturated rings. The summed E-state index contributed by atoms with van der Waals surface area (Å²) in [4.78, 5) is 0. The minimum Gasteiger partial charge on any atom is -0.377 e. The number of halogens is 1. The Bertz CT molecular complexity index is 380. The van der Waals surface area contributed by atoms with E-state index in [1.54, 1.807) is 21.3 Å². The Morgan fingerprint density at radius 1 is 1.14 bits per heavy atom. The Morgan fingerprint density at radius 3 is 2.19 bits per heavy atom. The lowest BCUT2D eigenvalue weighted by atomic mass is 10.1. The molecule has 0 aliphatic heterocycles. The summed E-state index contributed by atoms with van der Waals surface area (Å²) in [5.41, 5.74) is 1.22. The molecule has 4 nitrogen and oxygen atoms in total. The maximum absolute atomic E-state index is 5.40. The van der Waals surface area contributed by atoms with Gasteiger partial charge in [0.25, 0.3) is 0 Å². The average Bonchev–Trinajstić information content (AvgIpc) is 2.53. The topological polar surface area (TPSA) is 39.7 Å². The summed E-state index contributed by atoms with van der Waals surface area (Å²) in [5.74, 6) is 0. The normalized spacial score (nSPS) is 12.5. The molecule has 1 unspecified atom stereocenters. The van der Waals surface area contributed by atoms with E-state index in [1.165, 1.54) is 5.56 Å². The van der Waals surface area contributed by atoms with Gasteiger partial charge in [0.05, 0.1) is 6.04 Å². The number of nitrogens with one attached hydrogen (secondary N) is 1. The van der Waals surface area contributed by atoms with Gasteiger partial charge in [0.15, 0.2) is 0 Å². The quantitative estimate of drug-likeness (QED) is 0.406. The van der Waals surface area contributed by atoms with Gasteiger partial charge in [0.1, 0.15) is 0 Å². The van der Waals surface area contributed by atoms with Crippen molar-refractivity contribution in [3.05, 3.63) is 48.6 Å². The second-order valence-electron chi connectivity index (χ2n) is 4.48. The van der Waals surface area contributed by atoms with Gasteiger partial charge in [-0.3, -0.25) is 0 Å². The Hall–Kier alpha value is -0.693. The molecule has 0 saturated heterocycles. The Morgan fingerprint density at radius 2 is 1.71 bits per heavy atom. The fourth-order valence-corrected chi connectivity index (χ4v) is 3.84. The van der Waals surface area contributed by atoms with E-state index in [0.717, 1.165) is 19.0 Å². The Labute approximate surface area is 135 Å². The van der Waals surface area contributed by atoms with Crippen molar-refractivity contribution in [1.29, 1.82) is 0 Å². The third-order valence-corrected chi connectivity index (χ3v) is 6.18. The molecule has 0 saturated carbocycles. The van der Waals surface area contributed by atoms with Crippen LogP contribution < -0.4 is 5.32 Å². The van der Waals surface area contributed by atoms with E-state index in [9.17, 15) is 0 Å². The number of benzene rings is 1. The molecular formula is C15H26ClNO3Si. The maximum Gasteiger partial charge on any atom is 0.500 e. The third-order valence-electron chi connectivity index (χ3n) is 3.35. The van der Waals surface area contributed by atoms with Crippen molar-refractivity contribution < 1.29 is 13.3 Å². The van der Waals surface area contributed by atoms with Crippen LogP contribution in [0.3, 0.4) is 0 Å². The summed E-state index contributed by atoms with van der Waals surface area (Å²) in [6, 6.07) is 11.2. The molecule has 21 heavy (non-hydrogen) atoms. The van der Waals surface area contributed by atoms with E-state index in [4.69, 9.17) is 13.3 Å². The van der Waals surface area contributed by atoms with Crippen LogP contribution in [-0.4, -0.2) is 36.7 Å². The van der Waals surface area contributed by atoms with Crippen LogP contribution in [0.25, 0.3) is 0 Å². The van der Waals surface area contributed by atoms with Crippen LogP contribution in [0, 0.1) is 0 Å². The largest absolute Gasteiger partial charge is 0.500 e. The molecule has 0 heterocycles. The van der Waals surface area contributed by atoms with Crippen molar-refractivity contribution in [2.45, 2.75) is 18.5 Å². The van der Waals surface area contributed by atoms with Crippen LogP contribution in [-0.2, 0) is 13.3 Å².